The molecule has 0 spiro atoms. The number of hydrogen-bond acceptors (Lipinski definition) is 4. The minimum Gasteiger partial charge on any atom is -0.369 e. The van der Waals surface area contributed by atoms with Gasteiger partial charge in [-0.05, 0) is 13.3 Å². The van der Waals surface area contributed by atoms with Crippen LogP contribution in [0.2, 0.25) is 0 Å². The van der Waals surface area contributed by atoms with Crippen molar-refractivity contribution in [2.24, 2.45) is 13.0 Å². The van der Waals surface area contributed by atoms with E-state index in [2.05, 4.69) is 15.4 Å². The summed E-state index contributed by atoms with van der Waals surface area (Å²) in [6, 6.07) is 0. The molecule has 1 amide bonds. The number of aromatic nitrogens is 4. The molecular formula is C14H19N5O2. The van der Waals surface area contributed by atoms with E-state index in [4.69, 9.17) is 4.74 Å². The summed E-state index contributed by atoms with van der Waals surface area (Å²) in [5.41, 5.74) is 0.701. The maximum atomic E-state index is 12.5. The minimum absolute atomic E-state index is 0.0452. The highest BCUT2D eigenvalue weighted by Crippen LogP contribution is 2.34. The van der Waals surface area contributed by atoms with Gasteiger partial charge in [0.1, 0.15) is 11.9 Å². The van der Waals surface area contributed by atoms with Crippen LogP contribution >= 0.6 is 0 Å². The van der Waals surface area contributed by atoms with Gasteiger partial charge in [-0.2, -0.15) is 5.10 Å². The van der Waals surface area contributed by atoms with Crippen molar-refractivity contribution in [3.63, 3.8) is 0 Å². The molecule has 3 rings (SSSR count). The number of hydrogen-bond donors (Lipinski definition) is 1. The van der Waals surface area contributed by atoms with E-state index in [1.165, 1.54) is 0 Å². The van der Waals surface area contributed by atoms with Crippen molar-refractivity contribution in [3.05, 3.63) is 30.6 Å². The van der Waals surface area contributed by atoms with Crippen molar-refractivity contribution >= 4 is 11.6 Å². The molecule has 1 saturated heterocycles. The third-order valence-corrected chi connectivity index (χ3v) is 3.74. The fourth-order valence-corrected chi connectivity index (χ4v) is 2.68. The van der Waals surface area contributed by atoms with Crippen LogP contribution in [0, 0.1) is 5.92 Å². The Morgan fingerprint density at radius 1 is 1.57 bits per heavy atom. The van der Waals surface area contributed by atoms with Crippen LogP contribution in [-0.4, -0.2) is 31.8 Å². The Bertz CT molecular complexity index is 633. The van der Waals surface area contributed by atoms with Crippen LogP contribution in [0.3, 0.4) is 0 Å². The fourth-order valence-electron chi connectivity index (χ4n) is 2.68. The Kier molecular flexibility index (Phi) is 3.74. The molecule has 3 heterocycles. The van der Waals surface area contributed by atoms with Crippen molar-refractivity contribution in [1.82, 2.24) is 19.3 Å². The molecule has 1 aliphatic rings. The molecule has 2 aromatic rings. The van der Waals surface area contributed by atoms with Gasteiger partial charge in [0.15, 0.2) is 0 Å². The third-order valence-electron chi connectivity index (χ3n) is 3.74. The van der Waals surface area contributed by atoms with E-state index in [0.717, 1.165) is 12.4 Å². The summed E-state index contributed by atoms with van der Waals surface area (Å²) >= 11 is 0. The monoisotopic (exact) mass is 289 g/mol. The van der Waals surface area contributed by atoms with Gasteiger partial charge < -0.3 is 14.6 Å². The van der Waals surface area contributed by atoms with Gasteiger partial charge in [-0.1, -0.05) is 0 Å². The molecule has 0 radical (unpaired) electrons. The first-order chi connectivity index (χ1) is 10.2. The summed E-state index contributed by atoms with van der Waals surface area (Å²) in [6.45, 7) is 3.43. The average Bonchev–Trinajstić information content (AvgIpc) is 3.16. The zero-order valence-electron chi connectivity index (χ0n) is 12.2. The second-order valence-electron chi connectivity index (χ2n) is 5.15. The van der Waals surface area contributed by atoms with Crippen LogP contribution in [0.15, 0.2) is 24.8 Å². The highest BCUT2D eigenvalue weighted by Gasteiger charge is 2.37. The van der Waals surface area contributed by atoms with Crippen LogP contribution in [0.25, 0.3) is 0 Å². The molecule has 0 saturated carbocycles. The Morgan fingerprint density at radius 3 is 3.14 bits per heavy atom. The molecule has 7 heteroatoms. The molecular weight excluding hydrogens is 270 g/mol. The van der Waals surface area contributed by atoms with Crippen molar-refractivity contribution in [1.29, 1.82) is 0 Å². The quantitative estimate of drug-likeness (QED) is 0.922. The highest BCUT2D eigenvalue weighted by molar-refractivity contribution is 5.92. The van der Waals surface area contributed by atoms with E-state index in [9.17, 15) is 4.79 Å². The van der Waals surface area contributed by atoms with Gasteiger partial charge in [0.25, 0.3) is 0 Å². The van der Waals surface area contributed by atoms with Gasteiger partial charge in [-0.15, -0.1) is 0 Å². The van der Waals surface area contributed by atoms with Crippen LogP contribution < -0.4 is 5.32 Å². The third kappa shape index (κ3) is 2.69. The number of carbonyl (C=O) groups is 1. The highest BCUT2D eigenvalue weighted by atomic mass is 16.5. The molecule has 1 fully saturated rings. The van der Waals surface area contributed by atoms with Crippen molar-refractivity contribution < 1.29 is 9.53 Å². The molecule has 1 aliphatic heterocycles. The molecule has 2 aromatic heterocycles. The SMILES string of the molecule is CCn1ccnc1[C@@H]1OCC[C@H]1C(=O)Nc1cnn(C)c1. The van der Waals surface area contributed by atoms with E-state index in [1.807, 2.05) is 24.7 Å². The maximum absolute atomic E-state index is 12.5. The molecule has 2 atom stereocenters. The van der Waals surface area contributed by atoms with Crippen LogP contribution in [-0.2, 0) is 23.1 Å². The number of nitrogens with one attached hydrogen (secondary N) is 1. The van der Waals surface area contributed by atoms with Crippen LogP contribution in [0.1, 0.15) is 25.3 Å². The van der Waals surface area contributed by atoms with Gasteiger partial charge in [0.05, 0.1) is 17.8 Å². The van der Waals surface area contributed by atoms with Gasteiger partial charge in [0.2, 0.25) is 5.91 Å². The van der Waals surface area contributed by atoms with Crippen molar-refractivity contribution in [2.75, 3.05) is 11.9 Å². The Labute approximate surface area is 122 Å². The van der Waals surface area contributed by atoms with E-state index in [0.29, 0.717) is 18.7 Å². The summed E-state index contributed by atoms with van der Waals surface area (Å²) < 4.78 is 9.42. The first-order valence-corrected chi connectivity index (χ1v) is 7.11. The van der Waals surface area contributed by atoms with E-state index >= 15 is 0 Å². The molecule has 21 heavy (non-hydrogen) atoms. The van der Waals surface area contributed by atoms with Gasteiger partial charge in [-0.3, -0.25) is 9.48 Å². The van der Waals surface area contributed by atoms with E-state index in [1.54, 1.807) is 23.3 Å². The lowest BCUT2D eigenvalue weighted by Crippen LogP contribution is -2.26. The largest absolute Gasteiger partial charge is 0.369 e. The van der Waals surface area contributed by atoms with Gasteiger partial charge in [0, 0.05) is 38.8 Å². The number of imidazole rings is 1. The van der Waals surface area contributed by atoms with Gasteiger partial charge >= 0.3 is 0 Å². The van der Waals surface area contributed by atoms with Crippen LogP contribution in [0.4, 0.5) is 5.69 Å². The smallest absolute Gasteiger partial charge is 0.230 e. The topological polar surface area (TPSA) is 74.0 Å². The minimum atomic E-state index is -0.281. The number of amides is 1. The first kappa shape index (κ1) is 13.8. The predicted molar refractivity (Wildman–Crippen MR) is 76.5 cm³/mol. The second-order valence-corrected chi connectivity index (χ2v) is 5.15. The molecule has 1 N–H and O–H groups in total. The molecule has 0 aliphatic carbocycles. The lowest BCUT2D eigenvalue weighted by molar-refractivity contribution is -0.121. The van der Waals surface area contributed by atoms with E-state index < -0.39 is 0 Å². The Balaban J connectivity index is 1.76. The normalized spacial score (nSPS) is 21.6. The molecule has 0 unspecified atom stereocenters. The zero-order chi connectivity index (χ0) is 14.8. The Morgan fingerprint density at radius 2 is 2.43 bits per heavy atom. The summed E-state index contributed by atoms with van der Waals surface area (Å²) in [4.78, 5) is 16.8. The van der Waals surface area contributed by atoms with Gasteiger partial charge in [-0.25, -0.2) is 4.98 Å². The number of nitrogens with zero attached hydrogens (tertiary/aromatic N) is 4. The van der Waals surface area contributed by atoms with Crippen molar-refractivity contribution in [2.45, 2.75) is 26.0 Å². The number of aryl methyl sites for hydroxylation is 2. The van der Waals surface area contributed by atoms with Crippen LogP contribution in [0.5, 0.6) is 0 Å². The number of anilines is 1. The lowest BCUT2D eigenvalue weighted by atomic mass is 9.99. The molecule has 0 bridgehead atoms. The predicted octanol–water partition coefficient (Wildman–Crippen LogP) is 1.35. The molecule has 112 valence electrons. The Hall–Kier alpha value is -2.15. The lowest BCUT2D eigenvalue weighted by Gasteiger charge is -2.18. The zero-order valence-corrected chi connectivity index (χ0v) is 12.2. The average molecular weight is 289 g/mol. The first-order valence-electron chi connectivity index (χ1n) is 7.11. The van der Waals surface area contributed by atoms with Crippen molar-refractivity contribution in [3.8, 4) is 0 Å². The summed E-state index contributed by atoms with van der Waals surface area (Å²) in [6.07, 6.45) is 7.49. The van der Waals surface area contributed by atoms with E-state index in [-0.39, 0.29) is 17.9 Å². The maximum Gasteiger partial charge on any atom is 0.230 e. The second kappa shape index (κ2) is 5.69. The number of carbonyl (C=O) groups excluding carboxylic acids is 1. The molecule has 0 aromatic carbocycles. The summed E-state index contributed by atoms with van der Waals surface area (Å²) in [5, 5.41) is 6.94. The molecule has 7 nitrogen and oxygen atoms in total. The number of rotatable bonds is 4. The fraction of sp³-hybridized carbons (Fsp3) is 0.500. The standard InChI is InChI=1S/C14H19N5O2/c1-3-19-6-5-15-13(19)12-11(4-7-21-12)14(20)17-10-8-16-18(2)9-10/h5-6,8-9,11-12H,3-4,7H2,1-2H3,(H,17,20)/t11-,12-/m1/s1. The number of ether oxygens (including phenoxy) is 1. The summed E-state index contributed by atoms with van der Waals surface area (Å²) in [7, 11) is 1.81. The summed E-state index contributed by atoms with van der Waals surface area (Å²) in [5.74, 6) is 0.551.